The molecule has 0 aliphatic carbocycles. The van der Waals surface area contributed by atoms with E-state index >= 15 is 0 Å². The highest BCUT2D eigenvalue weighted by molar-refractivity contribution is 7.92. The van der Waals surface area contributed by atoms with Crippen LogP contribution in [-0.4, -0.2) is 70.2 Å². The van der Waals surface area contributed by atoms with Gasteiger partial charge in [0, 0.05) is 12.7 Å². The van der Waals surface area contributed by atoms with E-state index in [0.29, 0.717) is 5.56 Å². The molecular weight excluding hydrogens is 465 g/mol. The van der Waals surface area contributed by atoms with Crippen LogP contribution in [0.15, 0.2) is 29.2 Å². The first-order valence-electron chi connectivity index (χ1n) is 9.45. The van der Waals surface area contributed by atoms with Crippen LogP contribution >= 0.6 is 0 Å². The van der Waals surface area contributed by atoms with Crippen LogP contribution in [0.1, 0.15) is 25.8 Å². The number of urea groups is 1. The van der Waals surface area contributed by atoms with Gasteiger partial charge in [-0.25, -0.2) is 36.1 Å². The van der Waals surface area contributed by atoms with Gasteiger partial charge in [0.25, 0.3) is 0 Å². The molecule has 1 fully saturated rings. The quantitative estimate of drug-likeness (QED) is 0.632. The van der Waals surface area contributed by atoms with Crippen molar-refractivity contribution in [3.8, 4) is 6.07 Å². The van der Waals surface area contributed by atoms with Gasteiger partial charge in [0.15, 0.2) is 19.7 Å². The molecule has 1 aliphatic rings. The van der Waals surface area contributed by atoms with Crippen molar-refractivity contribution in [3.05, 3.63) is 29.8 Å². The highest BCUT2D eigenvalue weighted by Crippen LogP contribution is 2.23. The van der Waals surface area contributed by atoms with Gasteiger partial charge in [0.2, 0.25) is 0 Å². The van der Waals surface area contributed by atoms with E-state index in [1.54, 1.807) is 6.07 Å². The van der Waals surface area contributed by atoms with Gasteiger partial charge < -0.3 is 9.64 Å². The lowest BCUT2D eigenvalue weighted by molar-refractivity contribution is 0.133. The number of imide groups is 1. The Morgan fingerprint density at radius 3 is 2.38 bits per heavy atom. The summed E-state index contributed by atoms with van der Waals surface area (Å²) in [7, 11) is -7.28. The zero-order valence-corrected chi connectivity index (χ0v) is 19.4. The number of alkyl halides is 1. The second-order valence-corrected chi connectivity index (χ2v) is 12.7. The molecule has 0 aromatic heterocycles. The average Bonchev–Trinajstić information content (AvgIpc) is 3.07. The van der Waals surface area contributed by atoms with Crippen molar-refractivity contribution in [2.75, 3.05) is 19.4 Å². The van der Waals surface area contributed by atoms with Crippen LogP contribution in [0, 0.1) is 11.3 Å². The molecule has 1 saturated heterocycles. The van der Waals surface area contributed by atoms with Crippen LogP contribution < -0.4 is 5.32 Å². The van der Waals surface area contributed by atoms with Gasteiger partial charge in [-0.3, -0.25) is 0 Å². The van der Waals surface area contributed by atoms with Crippen LogP contribution in [0.4, 0.5) is 14.0 Å². The molecule has 2 atom stereocenters. The molecule has 0 radical (unpaired) electrons. The summed E-state index contributed by atoms with van der Waals surface area (Å²) >= 11 is 0. The summed E-state index contributed by atoms with van der Waals surface area (Å²) in [4.78, 5) is 24.9. The Bertz CT molecular complexity index is 1130. The second kappa shape index (κ2) is 9.41. The van der Waals surface area contributed by atoms with Crippen molar-refractivity contribution in [1.82, 2.24) is 10.2 Å². The van der Waals surface area contributed by atoms with E-state index in [9.17, 15) is 30.8 Å². The monoisotopic (exact) mass is 489 g/mol. The smallest absolute Gasteiger partial charge is 0.415 e. The number of carbonyl (C=O) groups is 2. The number of benzene rings is 1. The minimum absolute atomic E-state index is 0.0540. The fraction of sp³-hybridized carbons (Fsp3) is 0.526. The Balaban J connectivity index is 1.97. The molecular formula is C19H24FN3O7S2. The SMILES string of the molecule is CC(C)(COC(=O)NC(=O)N1C[C@@H](F)C[C@H]1C#N)S(=O)(=O)Cc1ccc(S(C)(=O)=O)cc1. The second-order valence-electron chi connectivity index (χ2n) is 8.07. The molecule has 10 nitrogen and oxygen atoms in total. The first kappa shape index (κ1) is 25.5. The number of hydrogen-bond donors (Lipinski definition) is 1. The molecule has 2 rings (SSSR count). The number of nitrogens with one attached hydrogen (secondary N) is 1. The Kier molecular flexibility index (Phi) is 7.51. The third-order valence-electron chi connectivity index (χ3n) is 4.97. The predicted molar refractivity (Wildman–Crippen MR) is 112 cm³/mol. The fourth-order valence-electron chi connectivity index (χ4n) is 2.90. The topological polar surface area (TPSA) is 151 Å². The number of nitriles is 1. The average molecular weight is 490 g/mol. The number of sulfone groups is 2. The molecule has 1 heterocycles. The first-order valence-corrected chi connectivity index (χ1v) is 13.0. The van der Waals surface area contributed by atoms with Gasteiger partial charge in [0.1, 0.15) is 23.6 Å². The lowest BCUT2D eigenvalue weighted by Crippen LogP contribution is -2.46. The number of hydrogen-bond acceptors (Lipinski definition) is 8. The van der Waals surface area contributed by atoms with Crippen LogP contribution in [0.5, 0.6) is 0 Å². The van der Waals surface area contributed by atoms with Crippen LogP contribution in [0.2, 0.25) is 0 Å². The van der Waals surface area contributed by atoms with Gasteiger partial charge in [-0.15, -0.1) is 0 Å². The number of halogens is 1. The molecule has 1 aromatic carbocycles. The molecule has 32 heavy (non-hydrogen) atoms. The summed E-state index contributed by atoms with van der Waals surface area (Å²) in [6.45, 7) is 1.75. The molecule has 176 valence electrons. The van der Waals surface area contributed by atoms with E-state index < -0.39 is 61.1 Å². The summed E-state index contributed by atoms with van der Waals surface area (Å²) in [6, 6.07) is 5.13. The predicted octanol–water partition coefficient (Wildman–Crippen LogP) is 1.57. The minimum Gasteiger partial charge on any atom is -0.448 e. The number of ether oxygens (including phenoxy) is 1. The number of nitrogens with zero attached hydrogens (tertiary/aromatic N) is 2. The molecule has 0 spiro atoms. The third-order valence-corrected chi connectivity index (χ3v) is 8.61. The van der Waals surface area contributed by atoms with Gasteiger partial charge in [-0.05, 0) is 31.5 Å². The number of amides is 3. The van der Waals surface area contributed by atoms with E-state index in [0.717, 1.165) is 11.2 Å². The van der Waals surface area contributed by atoms with Crippen molar-refractivity contribution >= 4 is 31.8 Å². The fourth-order valence-corrected chi connectivity index (χ4v) is 4.79. The first-order chi connectivity index (χ1) is 14.7. The third kappa shape index (κ3) is 6.17. The zero-order valence-electron chi connectivity index (χ0n) is 17.7. The maximum Gasteiger partial charge on any atom is 0.415 e. The molecule has 1 aliphatic heterocycles. The summed E-state index contributed by atoms with van der Waals surface area (Å²) < 4.78 is 65.4. The zero-order chi connectivity index (χ0) is 24.3. The van der Waals surface area contributed by atoms with Crippen molar-refractivity contribution in [2.45, 2.75) is 47.9 Å². The molecule has 0 bridgehead atoms. The largest absolute Gasteiger partial charge is 0.448 e. The Hall–Kier alpha value is -2.72. The van der Waals surface area contributed by atoms with E-state index in [2.05, 4.69) is 0 Å². The Labute approximate surface area is 186 Å². The van der Waals surface area contributed by atoms with Gasteiger partial charge in [-0.1, -0.05) is 12.1 Å². The Morgan fingerprint density at radius 1 is 1.25 bits per heavy atom. The molecule has 0 unspecified atom stereocenters. The molecule has 3 amide bonds. The van der Waals surface area contributed by atoms with Crippen molar-refractivity contribution in [1.29, 1.82) is 5.26 Å². The van der Waals surface area contributed by atoms with Gasteiger partial charge >= 0.3 is 12.1 Å². The summed E-state index contributed by atoms with van der Waals surface area (Å²) in [5.41, 5.74) is 0.349. The number of carbonyl (C=O) groups excluding carboxylic acids is 2. The van der Waals surface area contributed by atoms with E-state index in [1.807, 2.05) is 5.32 Å². The minimum atomic E-state index is -3.86. The normalized spacial score (nSPS) is 19.3. The van der Waals surface area contributed by atoms with Gasteiger partial charge in [-0.2, -0.15) is 5.26 Å². The van der Waals surface area contributed by atoms with Crippen molar-refractivity contribution < 1.29 is 35.6 Å². The lowest BCUT2D eigenvalue weighted by Gasteiger charge is -2.25. The standard InChI is InChI=1S/C19H24FN3O7S2/c1-19(2,32(28,29)11-13-4-6-16(7-5-13)31(3,26)27)12-30-18(25)22-17(24)23-10-14(20)8-15(23)9-21/h4-7,14-15H,8,10-12H2,1-3H3,(H,22,24,25)/t14-,15-/m0/s1. The highest BCUT2D eigenvalue weighted by atomic mass is 32.2. The number of rotatable bonds is 6. The summed E-state index contributed by atoms with van der Waals surface area (Å²) in [6.07, 6.45) is -1.73. The van der Waals surface area contributed by atoms with E-state index in [4.69, 9.17) is 10.00 Å². The Morgan fingerprint density at radius 2 is 1.84 bits per heavy atom. The highest BCUT2D eigenvalue weighted by Gasteiger charge is 2.38. The van der Waals surface area contributed by atoms with E-state index in [1.165, 1.54) is 38.1 Å². The molecule has 13 heteroatoms. The maximum absolute atomic E-state index is 13.4. The molecule has 1 N–H and O–H groups in total. The van der Waals surface area contributed by atoms with Crippen molar-refractivity contribution in [3.63, 3.8) is 0 Å². The number of alkyl carbamates (subject to hydrolysis) is 1. The van der Waals surface area contributed by atoms with Crippen LogP contribution in [0.3, 0.4) is 0 Å². The van der Waals surface area contributed by atoms with Gasteiger partial charge in [0.05, 0.1) is 23.3 Å². The van der Waals surface area contributed by atoms with Crippen molar-refractivity contribution in [2.24, 2.45) is 0 Å². The lowest BCUT2D eigenvalue weighted by atomic mass is 10.2. The van der Waals surface area contributed by atoms with E-state index in [-0.39, 0.29) is 17.9 Å². The molecule has 1 aromatic rings. The summed E-state index contributed by atoms with van der Waals surface area (Å²) in [5.74, 6) is -0.427. The maximum atomic E-state index is 13.4. The summed E-state index contributed by atoms with van der Waals surface area (Å²) in [5, 5.41) is 10.8. The number of likely N-dealkylation sites (tertiary alicyclic amines) is 1. The molecule has 0 saturated carbocycles. The van der Waals surface area contributed by atoms with Crippen LogP contribution in [0.25, 0.3) is 0 Å². The van der Waals surface area contributed by atoms with Crippen LogP contribution in [-0.2, 0) is 30.2 Å².